The summed E-state index contributed by atoms with van der Waals surface area (Å²) in [4.78, 5) is 0. The van der Waals surface area contributed by atoms with Gasteiger partial charge in [-0.1, -0.05) is 60.7 Å². The molecule has 0 atom stereocenters. The average Bonchev–Trinajstić information content (AvgIpc) is 2.50. The third-order valence-electron chi connectivity index (χ3n) is 3.39. The van der Waals surface area contributed by atoms with Gasteiger partial charge in [0.1, 0.15) is 0 Å². The molecule has 1 aliphatic rings. The fourth-order valence-corrected chi connectivity index (χ4v) is 2.45. The van der Waals surface area contributed by atoms with Gasteiger partial charge in [-0.05, 0) is 17.2 Å². The van der Waals surface area contributed by atoms with E-state index in [9.17, 15) is 0 Å². The normalized spacial score (nSPS) is 15.8. The summed E-state index contributed by atoms with van der Waals surface area (Å²) in [5.74, 6) is 0. The Morgan fingerprint density at radius 3 is 1.83 bits per heavy atom. The van der Waals surface area contributed by atoms with Gasteiger partial charge in [0.25, 0.3) is 0 Å². The van der Waals surface area contributed by atoms with Crippen molar-refractivity contribution in [1.29, 1.82) is 0 Å². The molecule has 2 aromatic rings. The van der Waals surface area contributed by atoms with E-state index in [0.717, 1.165) is 0 Å². The molecular weight excluding hydrogens is 216 g/mol. The van der Waals surface area contributed by atoms with Crippen molar-refractivity contribution in [3.8, 4) is 0 Å². The molecule has 18 heavy (non-hydrogen) atoms. The SMILES string of the molecule is C1=C[CH+]C(c2ccccc2)(c2ccccc2)[CH-]C=1. The van der Waals surface area contributed by atoms with Crippen molar-refractivity contribution in [1.82, 2.24) is 0 Å². The van der Waals surface area contributed by atoms with E-state index >= 15 is 0 Å². The van der Waals surface area contributed by atoms with Crippen molar-refractivity contribution in [2.75, 3.05) is 0 Å². The summed E-state index contributed by atoms with van der Waals surface area (Å²) in [7, 11) is 0. The summed E-state index contributed by atoms with van der Waals surface area (Å²) < 4.78 is 0. The van der Waals surface area contributed by atoms with E-state index in [1.165, 1.54) is 11.1 Å². The van der Waals surface area contributed by atoms with Gasteiger partial charge < -0.3 is 5.73 Å². The van der Waals surface area contributed by atoms with Gasteiger partial charge in [0.2, 0.25) is 0 Å². The van der Waals surface area contributed by atoms with Crippen molar-refractivity contribution in [3.63, 3.8) is 0 Å². The molecule has 0 spiro atoms. The highest BCUT2D eigenvalue weighted by atomic mass is 14.3. The van der Waals surface area contributed by atoms with Gasteiger partial charge in [0, 0.05) is 6.42 Å². The minimum atomic E-state index is -0.159. The van der Waals surface area contributed by atoms with Crippen molar-refractivity contribution in [3.05, 3.63) is 103 Å². The molecule has 86 valence electrons. The number of hydrogen-bond donors (Lipinski definition) is 0. The molecule has 1 aliphatic carbocycles. The minimum Gasteiger partial charge on any atom is -0.329 e. The molecule has 2 aromatic carbocycles. The Kier molecular flexibility index (Phi) is 2.72. The molecule has 0 heteroatoms. The van der Waals surface area contributed by atoms with E-state index in [1.54, 1.807) is 0 Å². The maximum absolute atomic E-state index is 3.12. The van der Waals surface area contributed by atoms with Gasteiger partial charge in [-0.15, -0.1) is 0 Å². The first-order valence-electron chi connectivity index (χ1n) is 6.14. The average molecular weight is 230 g/mol. The van der Waals surface area contributed by atoms with Crippen LogP contribution in [0.4, 0.5) is 0 Å². The lowest BCUT2D eigenvalue weighted by Crippen LogP contribution is -2.28. The fraction of sp³-hybridized carbons (Fsp3) is 0.0556. The second-order valence-corrected chi connectivity index (χ2v) is 4.43. The standard InChI is InChI=1S/C18H14/c1-4-10-16(11-5-1)18(14-8-3-9-15-18)17-12-6-2-7-13-17/h1-2,4-15H. The van der Waals surface area contributed by atoms with Gasteiger partial charge in [0.15, 0.2) is 0 Å². The summed E-state index contributed by atoms with van der Waals surface area (Å²) in [5, 5.41) is 0. The Morgan fingerprint density at radius 2 is 1.39 bits per heavy atom. The first-order chi connectivity index (χ1) is 8.92. The molecule has 0 fully saturated rings. The highest BCUT2D eigenvalue weighted by Gasteiger charge is 2.32. The Bertz CT molecular complexity index is 520. The zero-order valence-electron chi connectivity index (χ0n) is 10.1. The molecule has 0 saturated heterocycles. The lowest BCUT2D eigenvalue weighted by atomic mass is 9.68. The molecule has 0 N–H and O–H groups in total. The molecule has 0 saturated carbocycles. The monoisotopic (exact) mass is 230 g/mol. The highest BCUT2D eigenvalue weighted by molar-refractivity contribution is 5.51. The van der Waals surface area contributed by atoms with Crippen LogP contribution in [-0.2, 0) is 5.41 Å². The predicted molar refractivity (Wildman–Crippen MR) is 74.9 cm³/mol. The van der Waals surface area contributed by atoms with E-state index in [-0.39, 0.29) is 5.41 Å². The summed E-state index contributed by atoms with van der Waals surface area (Å²) in [5.41, 5.74) is 5.52. The van der Waals surface area contributed by atoms with Crippen LogP contribution in [0.2, 0.25) is 0 Å². The maximum atomic E-state index is 3.12. The minimum absolute atomic E-state index is 0.159. The van der Waals surface area contributed by atoms with Gasteiger partial charge in [-0.25, -0.2) is 0 Å². The third-order valence-corrected chi connectivity index (χ3v) is 3.39. The molecule has 3 rings (SSSR count). The maximum Gasteiger partial charge on any atom is 0.0565 e. The molecular formula is C18H14. The van der Waals surface area contributed by atoms with Crippen LogP contribution in [-0.4, -0.2) is 0 Å². The van der Waals surface area contributed by atoms with E-state index in [0.29, 0.717) is 0 Å². The van der Waals surface area contributed by atoms with Crippen LogP contribution in [0.25, 0.3) is 0 Å². The number of allylic oxidation sites excluding steroid dienone is 1. The summed E-state index contributed by atoms with van der Waals surface area (Å²) in [6.45, 7) is 0. The fourth-order valence-electron chi connectivity index (χ4n) is 2.45. The molecule has 0 heterocycles. The van der Waals surface area contributed by atoms with Gasteiger partial charge in [-0.2, -0.15) is 12.5 Å². The molecule has 0 aliphatic heterocycles. The molecule has 0 radical (unpaired) electrons. The predicted octanol–water partition coefficient (Wildman–Crippen LogP) is 4.11. The van der Waals surface area contributed by atoms with Crippen molar-refractivity contribution in [2.45, 2.75) is 5.41 Å². The first-order valence-corrected chi connectivity index (χ1v) is 6.14. The van der Waals surface area contributed by atoms with Crippen LogP contribution < -0.4 is 0 Å². The van der Waals surface area contributed by atoms with Crippen molar-refractivity contribution >= 4 is 0 Å². The highest BCUT2D eigenvalue weighted by Crippen LogP contribution is 2.39. The zero-order valence-corrected chi connectivity index (χ0v) is 10.1. The smallest absolute Gasteiger partial charge is 0.0565 e. The Hall–Kier alpha value is -2.30. The largest absolute Gasteiger partial charge is 0.329 e. The Balaban J connectivity index is 2.14. The lowest BCUT2D eigenvalue weighted by Gasteiger charge is -2.35. The quantitative estimate of drug-likeness (QED) is 0.538. The second-order valence-electron chi connectivity index (χ2n) is 4.43. The van der Waals surface area contributed by atoms with E-state index in [1.807, 2.05) is 12.2 Å². The number of benzene rings is 2. The first kappa shape index (κ1) is 10.8. The van der Waals surface area contributed by atoms with Gasteiger partial charge in [-0.3, -0.25) is 0 Å². The van der Waals surface area contributed by atoms with Crippen LogP contribution in [0.5, 0.6) is 0 Å². The lowest BCUT2D eigenvalue weighted by molar-refractivity contribution is 0.724. The van der Waals surface area contributed by atoms with Crippen molar-refractivity contribution in [2.24, 2.45) is 0 Å². The Labute approximate surface area is 108 Å². The Morgan fingerprint density at radius 1 is 0.833 bits per heavy atom. The molecule has 0 bridgehead atoms. The van der Waals surface area contributed by atoms with Crippen LogP contribution in [0, 0.1) is 12.8 Å². The van der Waals surface area contributed by atoms with Crippen molar-refractivity contribution < 1.29 is 0 Å². The molecule has 0 aromatic heterocycles. The summed E-state index contributed by atoms with van der Waals surface area (Å²) in [6, 6.07) is 21.1. The molecule has 0 amide bonds. The van der Waals surface area contributed by atoms with Gasteiger partial charge in [0.05, 0.1) is 5.41 Å². The second kappa shape index (κ2) is 4.52. The number of hydrogen-bond acceptors (Lipinski definition) is 0. The number of rotatable bonds is 2. The molecule has 0 unspecified atom stereocenters. The van der Waals surface area contributed by atoms with E-state index in [2.05, 4.69) is 79.2 Å². The summed E-state index contributed by atoms with van der Waals surface area (Å²) >= 11 is 0. The van der Waals surface area contributed by atoms with E-state index < -0.39 is 0 Å². The van der Waals surface area contributed by atoms with Crippen LogP contribution in [0.1, 0.15) is 11.1 Å². The van der Waals surface area contributed by atoms with Crippen LogP contribution in [0.3, 0.4) is 0 Å². The molecule has 0 nitrogen and oxygen atoms in total. The van der Waals surface area contributed by atoms with Crippen LogP contribution in [0.15, 0.2) is 78.5 Å². The topological polar surface area (TPSA) is 0 Å². The van der Waals surface area contributed by atoms with Crippen LogP contribution >= 0.6 is 0 Å². The van der Waals surface area contributed by atoms with E-state index in [4.69, 9.17) is 0 Å². The summed E-state index contributed by atoms with van der Waals surface area (Å²) in [6.07, 6.45) is 8.41. The van der Waals surface area contributed by atoms with Gasteiger partial charge >= 0.3 is 0 Å². The third kappa shape index (κ3) is 1.73. The zero-order chi connectivity index (χ0) is 12.3.